The molecule has 6 heteroatoms. The van der Waals surface area contributed by atoms with Gasteiger partial charge in [-0.3, -0.25) is 4.79 Å². The van der Waals surface area contributed by atoms with Crippen molar-refractivity contribution < 1.29 is 14.3 Å². The summed E-state index contributed by atoms with van der Waals surface area (Å²) in [6.45, 7) is 7.83. The van der Waals surface area contributed by atoms with Crippen LogP contribution in [0.3, 0.4) is 0 Å². The lowest BCUT2D eigenvalue weighted by Crippen LogP contribution is -2.34. The van der Waals surface area contributed by atoms with Crippen LogP contribution in [0.15, 0.2) is 41.7 Å². The number of rotatable bonds is 5. The Kier molecular flexibility index (Phi) is 5.30. The Morgan fingerprint density at radius 1 is 1.19 bits per heavy atom. The minimum atomic E-state index is -0.537. The van der Waals surface area contributed by atoms with Crippen LogP contribution in [0, 0.1) is 5.92 Å². The van der Waals surface area contributed by atoms with Gasteiger partial charge in [-0.15, -0.1) is 0 Å². The molecule has 26 heavy (non-hydrogen) atoms. The van der Waals surface area contributed by atoms with Gasteiger partial charge in [0.25, 0.3) is 0 Å². The fourth-order valence-electron chi connectivity index (χ4n) is 3.25. The van der Waals surface area contributed by atoms with Gasteiger partial charge in [0.2, 0.25) is 5.88 Å². The fraction of sp³-hybridized carbons (Fsp3) is 0.400. The van der Waals surface area contributed by atoms with Crippen LogP contribution in [0.25, 0.3) is 0 Å². The summed E-state index contributed by atoms with van der Waals surface area (Å²) in [6, 6.07) is 9.83. The zero-order valence-electron chi connectivity index (χ0n) is 15.5. The number of hydrogen-bond acceptors (Lipinski definition) is 6. The Labute approximate surface area is 153 Å². The molecular weight excluding hydrogens is 330 g/mol. The first kappa shape index (κ1) is 18.0. The predicted molar refractivity (Wildman–Crippen MR) is 99.0 cm³/mol. The lowest BCUT2D eigenvalue weighted by molar-refractivity contribution is -0.146. The van der Waals surface area contributed by atoms with Crippen LogP contribution < -0.4 is 4.74 Å². The average Bonchev–Trinajstić information content (AvgIpc) is 2.61. The molecule has 1 aliphatic rings. The van der Waals surface area contributed by atoms with Gasteiger partial charge in [0.1, 0.15) is 12.2 Å². The number of carbonyl (C=O) groups is 1. The quantitative estimate of drug-likeness (QED) is 0.767. The van der Waals surface area contributed by atoms with Crippen molar-refractivity contribution in [2.45, 2.75) is 39.7 Å². The van der Waals surface area contributed by atoms with Gasteiger partial charge in [0.15, 0.2) is 5.82 Å². The maximum atomic E-state index is 12.8. The highest BCUT2D eigenvalue weighted by Gasteiger charge is 2.41. The van der Waals surface area contributed by atoms with E-state index in [1.165, 1.54) is 6.33 Å². The first-order valence-corrected chi connectivity index (χ1v) is 8.81. The van der Waals surface area contributed by atoms with Gasteiger partial charge in [-0.25, -0.2) is 15.0 Å². The minimum Gasteiger partial charge on any atom is -0.475 e. The highest BCUT2D eigenvalue weighted by atomic mass is 16.5. The number of hydrogen-bond donors (Lipinski definition) is 0. The zero-order valence-corrected chi connectivity index (χ0v) is 15.5. The zero-order chi connectivity index (χ0) is 18.7. The van der Waals surface area contributed by atoms with E-state index in [2.05, 4.69) is 15.0 Å². The molecule has 1 aliphatic heterocycles. The van der Waals surface area contributed by atoms with Crippen molar-refractivity contribution in [3.05, 3.63) is 47.8 Å². The maximum Gasteiger partial charge on any atom is 0.315 e. The van der Waals surface area contributed by atoms with Crippen LogP contribution in [-0.4, -0.2) is 34.4 Å². The van der Waals surface area contributed by atoms with E-state index in [1.54, 1.807) is 6.92 Å². The smallest absolute Gasteiger partial charge is 0.315 e. The van der Waals surface area contributed by atoms with Crippen LogP contribution in [0.1, 0.15) is 44.7 Å². The van der Waals surface area contributed by atoms with Gasteiger partial charge in [0.05, 0.1) is 18.3 Å². The Morgan fingerprint density at radius 3 is 2.58 bits per heavy atom. The van der Waals surface area contributed by atoms with Crippen LogP contribution >= 0.6 is 0 Å². The number of esters is 1. The summed E-state index contributed by atoms with van der Waals surface area (Å²) in [5.41, 5.74) is 2.39. The molecule has 1 aromatic heterocycles. The molecule has 0 aliphatic carbocycles. The molecule has 0 N–H and O–H groups in total. The van der Waals surface area contributed by atoms with Crippen molar-refractivity contribution >= 4 is 17.5 Å². The van der Waals surface area contributed by atoms with E-state index >= 15 is 0 Å². The summed E-state index contributed by atoms with van der Waals surface area (Å²) in [5.74, 6) is -0.136. The van der Waals surface area contributed by atoms with Gasteiger partial charge in [-0.05, 0) is 33.3 Å². The van der Waals surface area contributed by atoms with E-state index < -0.39 is 5.92 Å². The van der Waals surface area contributed by atoms with Crippen molar-refractivity contribution in [1.82, 2.24) is 9.97 Å². The molecule has 2 heterocycles. The van der Waals surface area contributed by atoms with Crippen LogP contribution in [0.2, 0.25) is 0 Å². The fourth-order valence-corrected chi connectivity index (χ4v) is 3.25. The van der Waals surface area contributed by atoms with Crippen LogP contribution in [-0.2, 0) is 9.53 Å². The first-order valence-electron chi connectivity index (χ1n) is 8.81. The molecule has 3 rings (SSSR count). The van der Waals surface area contributed by atoms with Crippen molar-refractivity contribution in [2.24, 2.45) is 10.9 Å². The standard InChI is InChI=1S/C20H23N3O3/c1-5-25-20(24)15-13(4)23-18-17(16(15)14-9-7-6-8-10-14)19(22-11-21-18)26-12(2)3/h6-12,15-16H,5H2,1-4H3. The van der Waals surface area contributed by atoms with E-state index in [9.17, 15) is 4.79 Å². The summed E-state index contributed by atoms with van der Waals surface area (Å²) in [5, 5.41) is 0. The van der Waals surface area contributed by atoms with E-state index in [1.807, 2.05) is 51.1 Å². The number of aliphatic imine (C=N–C) groups is 1. The molecule has 2 atom stereocenters. The highest BCUT2D eigenvalue weighted by molar-refractivity contribution is 6.05. The molecule has 136 valence electrons. The topological polar surface area (TPSA) is 73.7 Å². The molecular formula is C20H23N3O3. The Bertz CT molecular complexity index is 818. The molecule has 1 aromatic carbocycles. The largest absolute Gasteiger partial charge is 0.475 e. The second kappa shape index (κ2) is 7.64. The minimum absolute atomic E-state index is 0.0570. The average molecular weight is 353 g/mol. The molecule has 0 spiro atoms. The van der Waals surface area contributed by atoms with E-state index in [0.717, 1.165) is 11.1 Å². The van der Waals surface area contributed by atoms with Crippen LogP contribution in [0.5, 0.6) is 5.88 Å². The lowest BCUT2D eigenvalue weighted by Gasteiger charge is -2.31. The summed E-state index contributed by atoms with van der Waals surface area (Å²) >= 11 is 0. The summed E-state index contributed by atoms with van der Waals surface area (Å²) < 4.78 is 11.3. The van der Waals surface area contributed by atoms with Gasteiger partial charge < -0.3 is 9.47 Å². The van der Waals surface area contributed by atoms with Gasteiger partial charge in [0, 0.05) is 11.6 Å². The van der Waals surface area contributed by atoms with Gasteiger partial charge in [-0.2, -0.15) is 0 Å². The first-order chi connectivity index (χ1) is 12.5. The van der Waals surface area contributed by atoms with E-state index in [-0.39, 0.29) is 18.0 Å². The third-order valence-corrected chi connectivity index (χ3v) is 4.25. The molecule has 0 amide bonds. The summed E-state index contributed by atoms with van der Waals surface area (Å²) in [7, 11) is 0. The number of ether oxygens (including phenoxy) is 2. The van der Waals surface area contributed by atoms with Gasteiger partial charge >= 0.3 is 5.97 Å². The summed E-state index contributed by atoms with van der Waals surface area (Å²) in [4.78, 5) is 26.0. The van der Waals surface area contributed by atoms with Crippen molar-refractivity contribution in [3.63, 3.8) is 0 Å². The van der Waals surface area contributed by atoms with E-state index in [0.29, 0.717) is 24.0 Å². The SMILES string of the molecule is CCOC(=O)C1C(C)=Nc2ncnc(OC(C)C)c2C1c1ccccc1. The van der Waals surface area contributed by atoms with Crippen LogP contribution in [0.4, 0.5) is 5.82 Å². The summed E-state index contributed by atoms with van der Waals surface area (Å²) in [6.07, 6.45) is 1.39. The Balaban J connectivity index is 2.21. The Morgan fingerprint density at radius 2 is 1.92 bits per heavy atom. The molecule has 0 fully saturated rings. The molecule has 0 bridgehead atoms. The number of benzene rings is 1. The third kappa shape index (κ3) is 3.45. The number of fused-ring (bicyclic) bond motifs is 1. The lowest BCUT2D eigenvalue weighted by atomic mass is 9.77. The third-order valence-electron chi connectivity index (χ3n) is 4.25. The predicted octanol–water partition coefficient (Wildman–Crippen LogP) is 3.68. The molecule has 2 aromatic rings. The molecule has 0 radical (unpaired) electrons. The molecule has 2 unspecified atom stereocenters. The highest BCUT2D eigenvalue weighted by Crippen LogP contribution is 2.45. The number of nitrogens with zero attached hydrogens (tertiary/aromatic N) is 3. The van der Waals surface area contributed by atoms with Crippen molar-refractivity contribution in [1.29, 1.82) is 0 Å². The molecule has 6 nitrogen and oxygen atoms in total. The van der Waals surface area contributed by atoms with Crippen molar-refractivity contribution in [3.8, 4) is 5.88 Å². The maximum absolute atomic E-state index is 12.8. The second-order valence-electron chi connectivity index (χ2n) is 6.45. The molecule has 0 saturated carbocycles. The van der Waals surface area contributed by atoms with Crippen molar-refractivity contribution in [2.75, 3.05) is 6.61 Å². The number of aromatic nitrogens is 2. The second-order valence-corrected chi connectivity index (χ2v) is 6.45. The Hall–Kier alpha value is -2.76. The van der Waals surface area contributed by atoms with E-state index in [4.69, 9.17) is 9.47 Å². The normalized spacial score (nSPS) is 18.9. The number of carbonyl (C=O) groups excluding carboxylic acids is 1. The monoisotopic (exact) mass is 353 g/mol. The molecule has 0 saturated heterocycles. The van der Waals surface area contributed by atoms with Gasteiger partial charge in [-0.1, -0.05) is 30.3 Å².